The first-order valence-electron chi connectivity index (χ1n) is 12.8. The lowest BCUT2D eigenvalue weighted by Gasteiger charge is -2.18. The Morgan fingerprint density at radius 2 is 0.733 bits per heavy atom. The van der Waals surface area contributed by atoms with E-state index in [0.29, 0.717) is 0 Å². The molecule has 0 aliphatic rings. The summed E-state index contributed by atoms with van der Waals surface area (Å²) in [7, 11) is 0. The summed E-state index contributed by atoms with van der Waals surface area (Å²) in [6, 6.07) is 18.3. The van der Waals surface area contributed by atoms with E-state index in [9.17, 15) is 0 Å². The number of aryl methyl sites for hydroxylation is 2. The third-order valence-electron chi connectivity index (χ3n) is 6.72. The fourth-order valence-electron chi connectivity index (χ4n) is 5.02. The van der Waals surface area contributed by atoms with Gasteiger partial charge in [-0.3, -0.25) is 0 Å². The van der Waals surface area contributed by atoms with Crippen molar-refractivity contribution in [2.45, 2.75) is 104 Å². The molecule has 0 heterocycles. The average Bonchev–Trinajstić information content (AvgIpc) is 2.79. The monoisotopic (exact) mass is 402 g/mol. The fraction of sp³-hybridized carbons (Fsp3) is 0.533. The molecule has 3 aromatic carbocycles. The lowest BCUT2D eigenvalue weighted by Crippen LogP contribution is -2.00. The fourth-order valence-corrected chi connectivity index (χ4v) is 5.02. The van der Waals surface area contributed by atoms with Gasteiger partial charge in [0.1, 0.15) is 0 Å². The van der Waals surface area contributed by atoms with E-state index in [1.807, 2.05) is 0 Å². The van der Waals surface area contributed by atoms with Crippen LogP contribution < -0.4 is 0 Å². The van der Waals surface area contributed by atoms with Crippen molar-refractivity contribution in [3.8, 4) is 0 Å². The van der Waals surface area contributed by atoms with Crippen LogP contribution in [0.25, 0.3) is 21.5 Å². The van der Waals surface area contributed by atoms with Crippen LogP contribution >= 0.6 is 0 Å². The molecular weight excluding hydrogens is 360 g/mol. The van der Waals surface area contributed by atoms with Gasteiger partial charge in [0.05, 0.1) is 0 Å². The van der Waals surface area contributed by atoms with E-state index in [1.54, 1.807) is 11.1 Å². The second-order valence-corrected chi connectivity index (χ2v) is 9.08. The Balaban J connectivity index is 1.83. The van der Waals surface area contributed by atoms with Crippen molar-refractivity contribution in [2.24, 2.45) is 0 Å². The van der Waals surface area contributed by atoms with Gasteiger partial charge >= 0.3 is 0 Å². The first-order chi connectivity index (χ1) is 14.9. The number of hydrogen-bond acceptors (Lipinski definition) is 0. The molecule has 0 aliphatic heterocycles. The molecule has 0 bridgehead atoms. The Morgan fingerprint density at radius 3 is 1.13 bits per heavy atom. The Hall–Kier alpha value is -1.82. The molecule has 0 spiro atoms. The molecule has 0 radical (unpaired) electrons. The lowest BCUT2D eigenvalue weighted by molar-refractivity contribution is 0.600. The Morgan fingerprint density at radius 1 is 0.400 bits per heavy atom. The average molecular weight is 403 g/mol. The minimum atomic E-state index is 1.24. The summed E-state index contributed by atoms with van der Waals surface area (Å²) in [6.07, 6.45) is 18.9. The maximum Gasteiger partial charge on any atom is -0.0102 e. The SMILES string of the molecule is CCCCCCCCc1c(CCCCCCCC)c2ccccc2c2ccccc12. The van der Waals surface area contributed by atoms with Gasteiger partial charge in [0, 0.05) is 0 Å². The zero-order valence-corrected chi connectivity index (χ0v) is 19.5. The van der Waals surface area contributed by atoms with Crippen molar-refractivity contribution in [3.63, 3.8) is 0 Å². The van der Waals surface area contributed by atoms with Crippen molar-refractivity contribution in [1.82, 2.24) is 0 Å². The lowest BCUT2D eigenvalue weighted by atomic mass is 9.86. The molecule has 0 amide bonds. The molecule has 0 fully saturated rings. The zero-order valence-electron chi connectivity index (χ0n) is 19.5. The van der Waals surface area contributed by atoms with Crippen molar-refractivity contribution in [3.05, 3.63) is 59.7 Å². The van der Waals surface area contributed by atoms with Gasteiger partial charge in [-0.05, 0) is 58.4 Å². The molecule has 0 aliphatic carbocycles. The van der Waals surface area contributed by atoms with Crippen LogP contribution in [0.3, 0.4) is 0 Å². The normalized spacial score (nSPS) is 11.5. The Labute approximate surface area is 185 Å². The smallest absolute Gasteiger partial charge is 0.0102 e. The highest BCUT2D eigenvalue weighted by atomic mass is 14.2. The summed E-state index contributed by atoms with van der Waals surface area (Å²) in [6.45, 7) is 4.60. The summed E-state index contributed by atoms with van der Waals surface area (Å²) in [4.78, 5) is 0. The minimum absolute atomic E-state index is 1.24. The molecule has 0 atom stereocenters. The minimum Gasteiger partial charge on any atom is -0.0654 e. The van der Waals surface area contributed by atoms with E-state index in [4.69, 9.17) is 0 Å². The molecule has 30 heavy (non-hydrogen) atoms. The standard InChI is InChI=1S/C30H42/c1-3-5-7-9-11-13-19-25-26(20-14-12-10-8-6-4-2)28-22-16-18-24-30(28)29-23-17-15-21-27(25)29/h15-18,21-24H,3-14,19-20H2,1-2H3. The largest absolute Gasteiger partial charge is 0.0654 e. The summed E-state index contributed by atoms with van der Waals surface area (Å²) in [5.74, 6) is 0. The van der Waals surface area contributed by atoms with Gasteiger partial charge < -0.3 is 0 Å². The summed E-state index contributed by atoms with van der Waals surface area (Å²) in [5, 5.41) is 5.90. The molecule has 0 nitrogen and oxygen atoms in total. The van der Waals surface area contributed by atoms with Crippen LogP contribution in [-0.4, -0.2) is 0 Å². The van der Waals surface area contributed by atoms with Crippen LogP contribution in [0.15, 0.2) is 48.5 Å². The van der Waals surface area contributed by atoms with E-state index in [0.717, 1.165) is 0 Å². The summed E-state index contributed by atoms with van der Waals surface area (Å²) < 4.78 is 0. The van der Waals surface area contributed by atoms with Crippen LogP contribution in [0.2, 0.25) is 0 Å². The molecule has 0 saturated carbocycles. The van der Waals surface area contributed by atoms with E-state index in [1.165, 1.54) is 111 Å². The maximum atomic E-state index is 2.37. The second-order valence-electron chi connectivity index (χ2n) is 9.08. The van der Waals surface area contributed by atoms with Crippen LogP contribution in [0, 0.1) is 0 Å². The van der Waals surface area contributed by atoms with E-state index in [-0.39, 0.29) is 0 Å². The van der Waals surface area contributed by atoms with Gasteiger partial charge in [-0.2, -0.15) is 0 Å². The topological polar surface area (TPSA) is 0 Å². The van der Waals surface area contributed by atoms with Crippen molar-refractivity contribution in [2.75, 3.05) is 0 Å². The predicted octanol–water partition coefficient (Wildman–Crippen LogP) is 9.80. The van der Waals surface area contributed by atoms with E-state index >= 15 is 0 Å². The van der Waals surface area contributed by atoms with Gasteiger partial charge in [0.15, 0.2) is 0 Å². The van der Waals surface area contributed by atoms with Crippen LogP contribution in [0.1, 0.15) is 102 Å². The Bertz CT molecular complexity index is 814. The molecule has 0 N–H and O–H groups in total. The van der Waals surface area contributed by atoms with Gasteiger partial charge in [-0.25, -0.2) is 0 Å². The molecule has 0 unspecified atom stereocenters. The van der Waals surface area contributed by atoms with Gasteiger partial charge in [0.2, 0.25) is 0 Å². The third-order valence-corrected chi connectivity index (χ3v) is 6.72. The first-order valence-corrected chi connectivity index (χ1v) is 12.8. The number of rotatable bonds is 14. The van der Waals surface area contributed by atoms with Crippen molar-refractivity contribution < 1.29 is 0 Å². The highest BCUT2D eigenvalue weighted by Gasteiger charge is 2.13. The third kappa shape index (κ3) is 6.10. The molecule has 162 valence electrons. The number of benzene rings is 3. The van der Waals surface area contributed by atoms with Gasteiger partial charge in [0.25, 0.3) is 0 Å². The molecule has 0 saturated heterocycles. The molecular formula is C30H42. The molecule has 3 rings (SSSR count). The summed E-state index contributed by atoms with van der Waals surface area (Å²) in [5.41, 5.74) is 3.29. The van der Waals surface area contributed by atoms with Gasteiger partial charge in [-0.15, -0.1) is 0 Å². The Kier molecular flexibility index (Phi) is 9.74. The highest BCUT2D eigenvalue weighted by molar-refractivity contribution is 6.10. The van der Waals surface area contributed by atoms with E-state index in [2.05, 4.69) is 62.4 Å². The highest BCUT2D eigenvalue weighted by Crippen LogP contribution is 2.35. The second kappa shape index (κ2) is 12.8. The van der Waals surface area contributed by atoms with Gasteiger partial charge in [-0.1, -0.05) is 127 Å². The van der Waals surface area contributed by atoms with Crippen LogP contribution in [0.5, 0.6) is 0 Å². The number of hydrogen-bond donors (Lipinski definition) is 0. The number of fused-ring (bicyclic) bond motifs is 3. The quantitative estimate of drug-likeness (QED) is 0.186. The zero-order chi connectivity index (χ0) is 21.0. The predicted molar refractivity (Wildman–Crippen MR) is 136 cm³/mol. The molecule has 3 aromatic rings. The molecule has 0 heteroatoms. The molecule has 0 aromatic heterocycles. The van der Waals surface area contributed by atoms with Crippen LogP contribution in [0.4, 0.5) is 0 Å². The maximum absolute atomic E-state index is 2.37. The summed E-state index contributed by atoms with van der Waals surface area (Å²) >= 11 is 0. The van der Waals surface area contributed by atoms with Crippen molar-refractivity contribution >= 4 is 21.5 Å². The first kappa shape index (κ1) is 22.9. The van der Waals surface area contributed by atoms with Crippen LogP contribution in [-0.2, 0) is 12.8 Å². The van der Waals surface area contributed by atoms with E-state index < -0.39 is 0 Å². The van der Waals surface area contributed by atoms with Crippen molar-refractivity contribution in [1.29, 1.82) is 0 Å². The number of unbranched alkanes of at least 4 members (excludes halogenated alkanes) is 10.